The van der Waals surface area contributed by atoms with Gasteiger partial charge in [-0.1, -0.05) is 4.49 Å². The van der Waals surface area contributed by atoms with E-state index in [2.05, 4.69) is 9.59 Å². The molecule has 1 amide bonds. The van der Waals surface area contributed by atoms with Gasteiger partial charge in [-0.05, 0) is 24.4 Å². The van der Waals surface area contributed by atoms with Crippen molar-refractivity contribution in [2.45, 2.75) is 18.9 Å². The molecule has 1 saturated heterocycles. The molecular formula is C10H15N3O3S. The van der Waals surface area contributed by atoms with Gasteiger partial charge in [0.25, 0.3) is 5.91 Å². The highest BCUT2D eigenvalue weighted by atomic mass is 32.1. The molecule has 1 aliphatic heterocycles. The summed E-state index contributed by atoms with van der Waals surface area (Å²) in [5.41, 5.74) is 0. The Hall–Kier alpha value is -1.05. The Bertz CT molecular complexity index is 350. The van der Waals surface area contributed by atoms with Crippen molar-refractivity contribution >= 4 is 17.4 Å². The average Bonchev–Trinajstić information content (AvgIpc) is 2.90. The third-order valence-corrected chi connectivity index (χ3v) is 3.40. The predicted molar refractivity (Wildman–Crippen MR) is 61.9 cm³/mol. The molecule has 0 unspecified atom stereocenters. The molecule has 0 aliphatic carbocycles. The van der Waals surface area contributed by atoms with Crippen molar-refractivity contribution in [3.8, 4) is 0 Å². The second kappa shape index (κ2) is 6.04. The van der Waals surface area contributed by atoms with Crippen molar-refractivity contribution in [1.29, 1.82) is 0 Å². The number of piperidine rings is 1. The molecule has 17 heavy (non-hydrogen) atoms. The molecule has 0 radical (unpaired) electrons. The molecule has 1 aromatic heterocycles. The molecule has 0 bridgehead atoms. The molecule has 94 valence electrons. The van der Waals surface area contributed by atoms with Crippen molar-refractivity contribution < 1.29 is 14.6 Å². The van der Waals surface area contributed by atoms with E-state index < -0.39 is 0 Å². The molecule has 1 aliphatic rings. The van der Waals surface area contributed by atoms with Crippen LogP contribution in [0.5, 0.6) is 0 Å². The summed E-state index contributed by atoms with van der Waals surface area (Å²) >= 11 is 1.12. The average molecular weight is 257 g/mol. The number of amides is 1. The highest BCUT2D eigenvalue weighted by Gasteiger charge is 2.24. The maximum atomic E-state index is 12.0. The second-order valence-electron chi connectivity index (χ2n) is 3.87. The SMILES string of the molecule is O=C(c1cnns1)N1CCC(OCCO)CC1. The fourth-order valence-corrected chi connectivity index (χ4v) is 2.35. The summed E-state index contributed by atoms with van der Waals surface area (Å²) in [4.78, 5) is 14.3. The Balaban J connectivity index is 1.81. The third-order valence-electron chi connectivity index (χ3n) is 2.75. The van der Waals surface area contributed by atoms with E-state index in [0.717, 1.165) is 24.4 Å². The molecule has 6 nitrogen and oxygen atoms in total. The first-order chi connectivity index (χ1) is 8.31. The predicted octanol–water partition coefficient (Wildman–Crippen LogP) is 0.152. The molecule has 1 fully saturated rings. The fraction of sp³-hybridized carbons (Fsp3) is 0.700. The van der Waals surface area contributed by atoms with Gasteiger partial charge in [-0.2, -0.15) is 0 Å². The topological polar surface area (TPSA) is 75.6 Å². The van der Waals surface area contributed by atoms with E-state index in [1.807, 2.05) is 0 Å². The van der Waals surface area contributed by atoms with E-state index in [0.29, 0.717) is 24.6 Å². The number of carbonyl (C=O) groups excluding carboxylic acids is 1. The molecule has 1 N–H and O–H groups in total. The van der Waals surface area contributed by atoms with Gasteiger partial charge < -0.3 is 14.7 Å². The van der Waals surface area contributed by atoms with Crippen molar-refractivity contribution in [3.63, 3.8) is 0 Å². The minimum atomic E-state index is 0.000563. The maximum absolute atomic E-state index is 12.0. The summed E-state index contributed by atoms with van der Waals surface area (Å²) in [6.07, 6.45) is 3.29. The van der Waals surface area contributed by atoms with Crippen molar-refractivity contribution in [2.75, 3.05) is 26.3 Å². The van der Waals surface area contributed by atoms with Crippen LogP contribution in [0.3, 0.4) is 0 Å². The summed E-state index contributed by atoms with van der Waals surface area (Å²) in [5.74, 6) is 0.000563. The minimum Gasteiger partial charge on any atom is -0.394 e. The number of aliphatic hydroxyl groups excluding tert-OH is 1. The third kappa shape index (κ3) is 3.21. The first-order valence-electron chi connectivity index (χ1n) is 5.60. The van der Waals surface area contributed by atoms with Gasteiger partial charge in [-0.3, -0.25) is 4.79 Å². The molecular weight excluding hydrogens is 242 g/mol. The molecule has 2 rings (SSSR count). The van der Waals surface area contributed by atoms with Gasteiger partial charge in [0.05, 0.1) is 25.5 Å². The minimum absolute atomic E-state index is 0.000563. The van der Waals surface area contributed by atoms with Gasteiger partial charge in [0, 0.05) is 13.1 Å². The lowest BCUT2D eigenvalue weighted by Crippen LogP contribution is -2.40. The van der Waals surface area contributed by atoms with E-state index >= 15 is 0 Å². The van der Waals surface area contributed by atoms with Crippen LogP contribution in [-0.2, 0) is 4.74 Å². The number of rotatable bonds is 4. The number of likely N-dealkylation sites (tertiary alicyclic amines) is 1. The zero-order valence-corrected chi connectivity index (χ0v) is 10.2. The molecule has 0 saturated carbocycles. The number of hydrogen-bond acceptors (Lipinski definition) is 6. The van der Waals surface area contributed by atoms with Crippen LogP contribution in [0.2, 0.25) is 0 Å². The number of nitrogens with zero attached hydrogens (tertiary/aromatic N) is 3. The van der Waals surface area contributed by atoms with Crippen LogP contribution < -0.4 is 0 Å². The number of aromatic nitrogens is 2. The summed E-state index contributed by atoms with van der Waals surface area (Å²) in [6, 6.07) is 0. The normalized spacial score (nSPS) is 17.4. The first kappa shape index (κ1) is 12.4. The Morgan fingerprint density at radius 3 is 2.94 bits per heavy atom. The van der Waals surface area contributed by atoms with Gasteiger partial charge in [0.2, 0.25) is 0 Å². The Morgan fingerprint density at radius 2 is 2.35 bits per heavy atom. The van der Waals surface area contributed by atoms with Gasteiger partial charge in [-0.15, -0.1) is 5.10 Å². The van der Waals surface area contributed by atoms with Crippen LogP contribution in [0.4, 0.5) is 0 Å². The van der Waals surface area contributed by atoms with Crippen molar-refractivity contribution in [1.82, 2.24) is 14.5 Å². The van der Waals surface area contributed by atoms with Gasteiger partial charge in [0.15, 0.2) is 0 Å². The molecule has 0 atom stereocenters. The van der Waals surface area contributed by atoms with Crippen LogP contribution in [0, 0.1) is 0 Å². The first-order valence-corrected chi connectivity index (χ1v) is 6.37. The van der Waals surface area contributed by atoms with Crippen LogP contribution >= 0.6 is 11.5 Å². The van der Waals surface area contributed by atoms with Crippen molar-refractivity contribution in [3.05, 3.63) is 11.1 Å². The maximum Gasteiger partial charge on any atom is 0.267 e. The van der Waals surface area contributed by atoms with E-state index in [-0.39, 0.29) is 18.6 Å². The van der Waals surface area contributed by atoms with Crippen LogP contribution in [0.1, 0.15) is 22.5 Å². The van der Waals surface area contributed by atoms with Gasteiger partial charge >= 0.3 is 0 Å². The van der Waals surface area contributed by atoms with Crippen molar-refractivity contribution in [2.24, 2.45) is 0 Å². The highest BCUT2D eigenvalue weighted by molar-refractivity contribution is 7.07. The summed E-state index contributed by atoms with van der Waals surface area (Å²) < 4.78 is 9.13. The van der Waals surface area contributed by atoms with Crippen LogP contribution in [-0.4, -0.2) is 57.9 Å². The molecule has 0 aromatic carbocycles. The molecule has 7 heteroatoms. The summed E-state index contributed by atoms with van der Waals surface area (Å²) in [7, 11) is 0. The second-order valence-corrected chi connectivity index (χ2v) is 4.65. The lowest BCUT2D eigenvalue weighted by Gasteiger charge is -2.31. The zero-order chi connectivity index (χ0) is 12.1. The Morgan fingerprint density at radius 1 is 1.59 bits per heavy atom. The summed E-state index contributed by atoms with van der Waals surface area (Å²) in [5, 5.41) is 12.3. The smallest absolute Gasteiger partial charge is 0.267 e. The molecule has 0 spiro atoms. The van der Waals surface area contributed by atoms with E-state index in [1.54, 1.807) is 4.90 Å². The monoisotopic (exact) mass is 257 g/mol. The van der Waals surface area contributed by atoms with Crippen LogP contribution in [0.25, 0.3) is 0 Å². The number of hydrogen-bond donors (Lipinski definition) is 1. The standard InChI is InChI=1S/C10H15N3O3S/c14-5-6-16-8-1-3-13(4-2-8)10(15)9-7-11-12-17-9/h7-8,14H,1-6H2. The largest absolute Gasteiger partial charge is 0.394 e. The Labute approximate surface area is 103 Å². The van der Waals surface area contributed by atoms with E-state index in [4.69, 9.17) is 9.84 Å². The van der Waals surface area contributed by atoms with Crippen LogP contribution in [0.15, 0.2) is 6.20 Å². The Kier molecular flexibility index (Phi) is 4.41. The van der Waals surface area contributed by atoms with E-state index in [9.17, 15) is 4.79 Å². The highest BCUT2D eigenvalue weighted by Crippen LogP contribution is 2.16. The lowest BCUT2D eigenvalue weighted by molar-refractivity contribution is -0.00545. The summed E-state index contributed by atoms with van der Waals surface area (Å²) in [6.45, 7) is 1.79. The number of ether oxygens (including phenoxy) is 1. The quantitative estimate of drug-likeness (QED) is 0.831. The lowest BCUT2D eigenvalue weighted by atomic mass is 10.1. The van der Waals surface area contributed by atoms with E-state index in [1.165, 1.54) is 6.20 Å². The van der Waals surface area contributed by atoms with Gasteiger partial charge in [-0.25, -0.2) is 0 Å². The number of carbonyl (C=O) groups is 1. The fourth-order valence-electron chi connectivity index (χ4n) is 1.86. The number of aliphatic hydroxyl groups is 1. The molecule has 2 heterocycles. The van der Waals surface area contributed by atoms with Gasteiger partial charge in [0.1, 0.15) is 4.88 Å². The zero-order valence-electron chi connectivity index (χ0n) is 9.41. The molecule has 1 aromatic rings.